The second-order valence-corrected chi connectivity index (χ2v) is 9.04. The van der Waals surface area contributed by atoms with E-state index in [1.54, 1.807) is 6.07 Å². The topological polar surface area (TPSA) is 43.0 Å². The third-order valence-electron chi connectivity index (χ3n) is 5.54. The molecule has 0 aliphatic carbocycles. The van der Waals surface area contributed by atoms with E-state index in [1.165, 1.54) is 0 Å². The number of nitrogens with one attached hydrogen (secondary N) is 1. The Morgan fingerprint density at radius 2 is 1.62 bits per heavy atom. The largest absolute Gasteiger partial charge is 0.490 e. The van der Waals surface area contributed by atoms with Crippen LogP contribution in [-0.4, -0.2) is 32.9 Å². The van der Waals surface area contributed by atoms with Crippen LogP contribution in [0.1, 0.15) is 18.1 Å². The van der Waals surface area contributed by atoms with Gasteiger partial charge < -0.3 is 24.4 Å². The second kappa shape index (κ2) is 11.9. The van der Waals surface area contributed by atoms with Gasteiger partial charge in [0.1, 0.15) is 6.61 Å². The minimum Gasteiger partial charge on any atom is -0.490 e. The molecule has 180 valence electrons. The zero-order valence-corrected chi connectivity index (χ0v) is 21.2. The Bertz CT molecular complexity index is 1120. The molecule has 8 heteroatoms. The van der Waals surface area contributed by atoms with Crippen molar-refractivity contribution in [3.8, 4) is 11.5 Å². The van der Waals surface area contributed by atoms with E-state index in [9.17, 15) is 0 Å². The lowest BCUT2D eigenvalue weighted by atomic mass is 10.1. The molecular weight excluding hydrogens is 495 g/mol. The zero-order valence-electron chi connectivity index (χ0n) is 19.0. The van der Waals surface area contributed by atoms with Crippen LogP contribution in [0.5, 0.6) is 11.5 Å². The summed E-state index contributed by atoms with van der Waals surface area (Å²) in [6.45, 7) is 6.39. The highest BCUT2D eigenvalue weighted by Gasteiger charge is 2.15. The van der Waals surface area contributed by atoms with Gasteiger partial charge in [-0.1, -0.05) is 53.0 Å². The molecule has 34 heavy (non-hydrogen) atoms. The van der Waals surface area contributed by atoms with Gasteiger partial charge in [-0.25, -0.2) is 0 Å². The summed E-state index contributed by atoms with van der Waals surface area (Å²) in [5.74, 6) is 1.21. The lowest BCUT2D eigenvalue weighted by Crippen LogP contribution is -2.36. The molecule has 0 spiro atoms. The van der Waals surface area contributed by atoms with Gasteiger partial charge in [0.25, 0.3) is 0 Å². The van der Waals surface area contributed by atoms with Crippen molar-refractivity contribution in [2.75, 3.05) is 43.1 Å². The number of morpholine rings is 1. The minimum atomic E-state index is 0.321. The third kappa shape index (κ3) is 6.22. The van der Waals surface area contributed by atoms with Crippen LogP contribution in [0.15, 0.2) is 54.6 Å². The fourth-order valence-electron chi connectivity index (χ4n) is 3.74. The van der Waals surface area contributed by atoms with Gasteiger partial charge in [0.2, 0.25) is 0 Å². The van der Waals surface area contributed by atoms with Gasteiger partial charge in [0.15, 0.2) is 11.5 Å². The van der Waals surface area contributed by atoms with Crippen LogP contribution < -0.4 is 19.7 Å². The average molecular weight is 522 g/mol. The SMILES string of the molecule is CCOc1cc(CNc2ccc(N3CCOCC3)c(Cl)c2)c(Cl)cc1OCc1ccccc1Cl. The molecule has 3 aromatic carbocycles. The molecule has 1 heterocycles. The van der Waals surface area contributed by atoms with Crippen LogP contribution in [0.4, 0.5) is 11.4 Å². The Hall–Kier alpha value is -2.31. The number of nitrogens with zero attached hydrogens (tertiary/aromatic N) is 1. The minimum absolute atomic E-state index is 0.321. The molecule has 1 aliphatic rings. The lowest BCUT2D eigenvalue weighted by molar-refractivity contribution is 0.122. The van der Waals surface area contributed by atoms with Crippen molar-refractivity contribution in [2.24, 2.45) is 0 Å². The van der Waals surface area contributed by atoms with E-state index >= 15 is 0 Å². The van der Waals surface area contributed by atoms with Gasteiger partial charge in [0.05, 0.1) is 30.5 Å². The van der Waals surface area contributed by atoms with E-state index in [0.717, 1.165) is 48.8 Å². The van der Waals surface area contributed by atoms with Gasteiger partial charge in [0, 0.05) is 47.0 Å². The maximum Gasteiger partial charge on any atom is 0.163 e. The van der Waals surface area contributed by atoms with E-state index in [0.29, 0.717) is 46.3 Å². The van der Waals surface area contributed by atoms with Crippen LogP contribution in [-0.2, 0) is 17.9 Å². The second-order valence-electron chi connectivity index (χ2n) is 7.82. The number of rotatable bonds is 9. The van der Waals surface area contributed by atoms with Crippen LogP contribution in [0, 0.1) is 0 Å². The molecule has 1 fully saturated rings. The first-order valence-corrected chi connectivity index (χ1v) is 12.4. The highest BCUT2D eigenvalue weighted by molar-refractivity contribution is 6.33. The molecule has 0 radical (unpaired) electrons. The number of halogens is 3. The highest BCUT2D eigenvalue weighted by atomic mass is 35.5. The Morgan fingerprint density at radius 1 is 0.853 bits per heavy atom. The van der Waals surface area contributed by atoms with Crippen molar-refractivity contribution in [1.29, 1.82) is 0 Å². The molecule has 0 atom stereocenters. The van der Waals surface area contributed by atoms with E-state index in [1.807, 2.05) is 55.5 Å². The van der Waals surface area contributed by atoms with Crippen LogP contribution in [0.25, 0.3) is 0 Å². The standard InChI is InChI=1S/C26H27Cl3N2O3/c1-2-33-25-13-19(22(28)15-26(25)34-17-18-5-3-4-6-21(18)27)16-30-20-7-8-24(23(29)14-20)31-9-11-32-12-10-31/h3-8,13-15,30H,2,9-12,16-17H2,1H3. The van der Waals surface area contributed by atoms with Gasteiger partial charge >= 0.3 is 0 Å². The van der Waals surface area contributed by atoms with Crippen molar-refractivity contribution in [1.82, 2.24) is 0 Å². The molecule has 0 unspecified atom stereocenters. The van der Waals surface area contributed by atoms with Crippen molar-refractivity contribution in [3.63, 3.8) is 0 Å². The molecule has 0 bridgehead atoms. The van der Waals surface area contributed by atoms with Gasteiger partial charge in [-0.3, -0.25) is 0 Å². The smallest absolute Gasteiger partial charge is 0.163 e. The molecule has 1 N–H and O–H groups in total. The average Bonchev–Trinajstić information content (AvgIpc) is 2.84. The number of hydrogen-bond donors (Lipinski definition) is 1. The molecule has 0 amide bonds. The van der Waals surface area contributed by atoms with Crippen LogP contribution >= 0.6 is 34.8 Å². The van der Waals surface area contributed by atoms with Crippen molar-refractivity contribution >= 4 is 46.2 Å². The van der Waals surface area contributed by atoms with Crippen LogP contribution in [0.3, 0.4) is 0 Å². The fraction of sp³-hybridized carbons (Fsp3) is 0.308. The Morgan fingerprint density at radius 3 is 2.35 bits per heavy atom. The van der Waals surface area contributed by atoms with Crippen molar-refractivity contribution < 1.29 is 14.2 Å². The summed E-state index contributed by atoms with van der Waals surface area (Å²) in [4.78, 5) is 2.24. The van der Waals surface area contributed by atoms with Gasteiger partial charge in [-0.05, 0) is 42.8 Å². The molecule has 0 aromatic heterocycles. The predicted octanol–water partition coefficient (Wildman–Crippen LogP) is 7.07. The molecule has 3 aromatic rings. The molecule has 1 saturated heterocycles. The Balaban J connectivity index is 1.45. The third-order valence-corrected chi connectivity index (χ3v) is 6.56. The van der Waals surface area contributed by atoms with Crippen molar-refractivity contribution in [3.05, 3.63) is 80.8 Å². The normalized spacial score (nSPS) is 13.6. The van der Waals surface area contributed by atoms with Gasteiger partial charge in [-0.15, -0.1) is 0 Å². The quantitative estimate of drug-likeness (QED) is 0.326. The first-order chi connectivity index (χ1) is 16.5. The lowest BCUT2D eigenvalue weighted by Gasteiger charge is -2.29. The number of ether oxygens (including phenoxy) is 3. The summed E-state index contributed by atoms with van der Waals surface area (Å²) < 4.78 is 17.2. The molecule has 0 saturated carbocycles. The predicted molar refractivity (Wildman–Crippen MR) is 140 cm³/mol. The molecule has 4 rings (SSSR count). The summed E-state index contributed by atoms with van der Waals surface area (Å²) in [6.07, 6.45) is 0. The van der Waals surface area contributed by atoms with E-state index in [4.69, 9.17) is 49.0 Å². The number of anilines is 2. The highest BCUT2D eigenvalue weighted by Crippen LogP contribution is 2.35. The van der Waals surface area contributed by atoms with E-state index in [-0.39, 0.29) is 0 Å². The molecule has 5 nitrogen and oxygen atoms in total. The van der Waals surface area contributed by atoms with Crippen LogP contribution in [0.2, 0.25) is 15.1 Å². The summed E-state index contributed by atoms with van der Waals surface area (Å²) in [7, 11) is 0. The first-order valence-electron chi connectivity index (χ1n) is 11.2. The van der Waals surface area contributed by atoms with E-state index in [2.05, 4.69) is 10.2 Å². The first kappa shape index (κ1) is 24.8. The summed E-state index contributed by atoms with van der Waals surface area (Å²) >= 11 is 19.4. The number of benzene rings is 3. The Kier molecular flexibility index (Phi) is 8.68. The molecular formula is C26H27Cl3N2O3. The molecule has 1 aliphatic heterocycles. The van der Waals surface area contributed by atoms with E-state index < -0.39 is 0 Å². The summed E-state index contributed by atoms with van der Waals surface area (Å²) in [5.41, 5.74) is 3.72. The number of hydrogen-bond acceptors (Lipinski definition) is 5. The zero-order chi connectivity index (χ0) is 23.9. The summed E-state index contributed by atoms with van der Waals surface area (Å²) in [5, 5.41) is 5.35. The fourth-order valence-corrected chi connectivity index (χ4v) is 4.45. The van der Waals surface area contributed by atoms with Crippen molar-refractivity contribution in [2.45, 2.75) is 20.1 Å². The Labute approximate surface area is 215 Å². The maximum absolute atomic E-state index is 6.59. The summed E-state index contributed by atoms with van der Waals surface area (Å²) in [6, 6.07) is 17.3. The van der Waals surface area contributed by atoms with Gasteiger partial charge in [-0.2, -0.15) is 0 Å². The maximum atomic E-state index is 6.59. The monoisotopic (exact) mass is 520 g/mol.